The maximum absolute atomic E-state index is 13.7. The minimum absolute atomic E-state index is 0.0674. The topological polar surface area (TPSA) is 86.8 Å². The predicted octanol–water partition coefficient (Wildman–Crippen LogP) is 7.08. The van der Waals surface area contributed by atoms with Crippen LogP contribution in [0.3, 0.4) is 0 Å². The quantitative estimate of drug-likeness (QED) is 0.194. The Hall–Kier alpha value is -4.98. The van der Waals surface area contributed by atoms with Gasteiger partial charge in [-0.1, -0.05) is 18.2 Å². The molecule has 0 bridgehead atoms. The van der Waals surface area contributed by atoms with Gasteiger partial charge in [-0.25, -0.2) is 14.0 Å². The molecule has 0 spiro atoms. The molecular formula is C33H29FN2O5. The summed E-state index contributed by atoms with van der Waals surface area (Å²) in [5, 5.41) is 3.53. The number of hydrogen-bond acceptors (Lipinski definition) is 7. The van der Waals surface area contributed by atoms with E-state index in [1.807, 2.05) is 19.1 Å². The zero-order chi connectivity index (χ0) is 29.1. The Balaban J connectivity index is 1.53. The van der Waals surface area contributed by atoms with E-state index in [9.17, 15) is 14.0 Å². The number of rotatable bonds is 7. The number of nitrogens with zero attached hydrogens (tertiary/aromatic N) is 1. The number of anilines is 1. The van der Waals surface area contributed by atoms with Gasteiger partial charge in [0.25, 0.3) is 0 Å². The van der Waals surface area contributed by atoms with Gasteiger partial charge in [0.05, 0.1) is 23.8 Å². The molecule has 0 radical (unpaired) electrons. The number of carbonyl (C=O) groups excluding carboxylic acids is 2. The third kappa shape index (κ3) is 5.96. The van der Waals surface area contributed by atoms with Gasteiger partial charge < -0.3 is 19.5 Å². The van der Waals surface area contributed by atoms with E-state index in [-0.39, 0.29) is 17.7 Å². The molecule has 0 unspecified atom stereocenters. The van der Waals surface area contributed by atoms with E-state index in [0.717, 1.165) is 34.0 Å². The molecule has 5 rings (SSSR count). The second kappa shape index (κ2) is 11.3. The minimum atomic E-state index is -0.636. The number of aromatic nitrogens is 1. The Morgan fingerprint density at radius 2 is 1.73 bits per heavy atom. The molecule has 0 saturated heterocycles. The average molecular weight is 553 g/mol. The molecule has 2 heterocycles. The first-order valence-electron chi connectivity index (χ1n) is 13.0. The van der Waals surface area contributed by atoms with Crippen molar-refractivity contribution in [3.8, 4) is 22.6 Å². The third-order valence-electron chi connectivity index (χ3n) is 6.72. The number of methoxy groups -OCH3 is 1. The van der Waals surface area contributed by atoms with Gasteiger partial charge in [0, 0.05) is 40.8 Å². The van der Waals surface area contributed by atoms with Gasteiger partial charge in [-0.05, 0) is 80.4 Å². The summed E-state index contributed by atoms with van der Waals surface area (Å²) in [6, 6.07) is 17.7. The van der Waals surface area contributed by atoms with Crippen molar-refractivity contribution in [2.45, 2.75) is 32.9 Å². The summed E-state index contributed by atoms with van der Waals surface area (Å²) < 4.78 is 30.7. The summed E-state index contributed by atoms with van der Waals surface area (Å²) in [6.45, 7) is 6.10. The van der Waals surface area contributed by atoms with E-state index in [0.29, 0.717) is 22.6 Å². The van der Waals surface area contributed by atoms with Crippen LogP contribution in [-0.2, 0) is 11.3 Å². The lowest BCUT2D eigenvalue weighted by Crippen LogP contribution is -2.32. The molecule has 0 aliphatic carbocycles. The highest BCUT2D eigenvalue weighted by Gasteiger charge is 2.27. The summed E-state index contributed by atoms with van der Waals surface area (Å²) in [7, 11) is 1.53. The molecule has 208 valence electrons. The summed E-state index contributed by atoms with van der Waals surface area (Å²) in [5.41, 5.74) is 5.24. The molecular weight excluding hydrogens is 523 g/mol. The molecule has 1 aliphatic heterocycles. The lowest BCUT2D eigenvalue weighted by Gasteiger charge is -2.33. The van der Waals surface area contributed by atoms with Crippen molar-refractivity contribution in [1.82, 2.24) is 4.98 Å². The molecule has 0 atom stereocenters. The van der Waals surface area contributed by atoms with Gasteiger partial charge in [0.1, 0.15) is 23.9 Å². The fourth-order valence-corrected chi connectivity index (χ4v) is 5.04. The first-order chi connectivity index (χ1) is 19.6. The highest BCUT2D eigenvalue weighted by Crippen LogP contribution is 2.43. The Bertz CT molecular complexity index is 1660. The molecule has 41 heavy (non-hydrogen) atoms. The zero-order valence-corrected chi connectivity index (χ0v) is 23.2. The van der Waals surface area contributed by atoms with E-state index >= 15 is 0 Å². The van der Waals surface area contributed by atoms with Crippen LogP contribution in [0, 0.1) is 5.82 Å². The first-order valence-corrected chi connectivity index (χ1v) is 13.0. The molecule has 7 nitrogen and oxygen atoms in total. The molecule has 8 heteroatoms. The number of pyridine rings is 1. The van der Waals surface area contributed by atoms with Gasteiger partial charge in [-0.15, -0.1) is 0 Å². The lowest BCUT2D eigenvalue weighted by atomic mass is 9.85. The standard InChI is InChI=1S/C33H29FN2O5/c1-20-17-33(2,3)36-28-13-12-25(27(30(20)28)19-40-31(37)21-7-5-9-23(34)15-21)26-11-10-24(16-29(26)39-4)41-32(38)22-8-6-14-35-18-22/h5-18,36H,19H2,1-4H3. The summed E-state index contributed by atoms with van der Waals surface area (Å²) in [6.07, 6.45) is 5.13. The van der Waals surface area contributed by atoms with Crippen LogP contribution in [-0.4, -0.2) is 29.6 Å². The van der Waals surface area contributed by atoms with E-state index in [1.165, 1.54) is 31.5 Å². The second-order valence-corrected chi connectivity index (χ2v) is 10.3. The third-order valence-corrected chi connectivity index (χ3v) is 6.72. The number of esters is 2. The lowest BCUT2D eigenvalue weighted by molar-refractivity contribution is 0.0472. The van der Waals surface area contributed by atoms with E-state index in [1.54, 1.807) is 36.5 Å². The zero-order valence-electron chi connectivity index (χ0n) is 23.2. The monoisotopic (exact) mass is 552 g/mol. The van der Waals surface area contributed by atoms with Crippen molar-refractivity contribution in [3.63, 3.8) is 0 Å². The van der Waals surface area contributed by atoms with E-state index < -0.39 is 17.8 Å². The normalized spacial score (nSPS) is 13.3. The molecule has 1 aliphatic rings. The highest BCUT2D eigenvalue weighted by molar-refractivity contribution is 5.92. The van der Waals surface area contributed by atoms with Crippen LogP contribution in [0.15, 0.2) is 85.2 Å². The molecule has 3 aromatic carbocycles. The smallest absolute Gasteiger partial charge is 0.345 e. The molecule has 1 aromatic heterocycles. The summed E-state index contributed by atoms with van der Waals surface area (Å²) in [5.74, 6) is -0.929. The fourth-order valence-electron chi connectivity index (χ4n) is 5.04. The van der Waals surface area contributed by atoms with Crippen molar-refractivity contribution in [1.29, 1.82) is 0 Å². The Kier molecular flexibility index (Phi) is 7.57. The average Bonchev–Trinajstić information content (AvgIpc) is 2.95. The molecule has 0 saturated carbocycles. The van der Waals surface area contributed by atoms with Crippen LogP contribution in [0.25, 0.3) is 16.7 Å². The summed E-state index contributed by atoms with van der Waals surface area (Å²) >= 11 is 0. The Morgan fingerprint density at radius 1 is 0.951 bits per heavy atom. The van der Waals surface area contributed by atoms with Gasteiger partial charge in [-0.2, -0.15) is 0 Å². The van der Waals surface area contributed by atoms with E-state index in [2.05, 4.69) is 30.2 Å². The Morgan fingerprint density at radius 3 is 2.46 bits per heavy atom. The van der Waals surface area contributed by atoms with Crippen LogP contribution in [0.4, 0.5) is 10.1 Å². The largest absolute Gasteiger partial charge is 0.496 e. The number of allylic oxidation sites excluding steroid dienone is 1. The molecule has 4 aromatic rings. The van der Waals surface area contributed by atoms with Crippen LogP contribution in [0.2, 0.25) is 0 Å². The van der Waals surface area contributed by atoms with Gasteiger partial charge >= 0.3 is 11.9 Å². The molecule has 0 fully saturated rings. The van der Waals surface area contributed by atoms with Crippen LogP contribution >= 0.6 is 0 Å². The van der Waals surface area contributed by atoms with Crippen molar-refractivity contribution < 1.29 is 28.2 Å². The maximum Gasteiger partial charge on any atom is 0.345 e. The number of carbonyl (C=O) groups is 2. The van der Waals surface area contributed by atoms with Crippen LogP contribution < -0.4 is 14.8 Å². The highest BCUT2D eigenvalue weighted by atomic mass is 19.1. The second-order valence-electron chi connectivity index (χ2n) is 10.3. The number of hydrogen-bond donors (Lipinski definition) is 1. The predicted molar refractivity (Wildman–Crippen MR) is 154 cm³/mol. The van der Waals surface area contributed by atoms with Gasteiger partial charge in [-0.3, -0.25) is 4.98 Å². The molecule has 0 amide bonds. The fraction of sp³-hybridized carbons (Fsp3) is 0.182. The Labute approximate surface area is 237 Å². The van der Waals surface area contributed by atoms with E-state index in [4.69, 9.17) is 14.2 Å². The molecule has 1 N–H and O–H groups in total. The van der Waals surface area contributed by atoms with Crippen molar-refractivity contribution in [3.05, 3.63) is 113 Å². The van der Waals surface area contributed by atoms with Gasteiger partial charge in [0.15, 0.2) is 0 Å². The summed E-state index contributed by atoms with van der Waals surface area (Å²) in [4.78, 5) is 29.4. The number of halogens is 1. The number of ether oxygens (including phenoxy) is 3. The van der Waals surface area contributed by atoms with Crippen molar-refractivity contribution in [2.75, 3.05) is 12.4 Å². The SMILES string of the molecule is COc1cc(OC(=O)c2cccnc2)ccc1-c1ccc2c(c1COC(=O)c1cccc(F)c1)C(C)=CC(C)(C)N2. The van der Waals surface area contributed by atoms with Crippen molar-refractivity contribution in [2.24, 2.45) is 0 Å². The van der Waals surface area contributed by atoms with Crippen LogP contribution in [0.5, 0.6) is 11.5 Å². The van der Waals surface area contributed by atoms with Crippen molar-refractivity contribution >= 4 is 23.2 Å². The number of nitrogens with one attached hydrogen (secondary N) is 1. The number of benzene rings is 3. The first kappa shape index (κ1) is 27.6. The number of fused-ring (bicyclic) bond motifs is 1. The maximum atomic E-state index is 13.7. The van der Waals surface area contributed by atoms with Crippen LogP contribution in [0.1, 0.15) is 52.6 Å². The minimum Gasteiger partial charge on any atom is -0.496 e. The van der Waals surface area contributed by atoms with Gasteiger partial charge in [0.2, 0.25) is 0 Å².